The minimum atomic E-state index is -0.184. The van der Waals surface area contributed by atoms with Crippen molar-refractivity contribution in [1.29, 1.82) is 0 Å². The molecule has 0 unspecified atom stereocenters. The monoisotopic (exact) mass is 386 g/mol. The number of hydrogen-bond acceptors (Lipinski definition) is 2. The molecule has 0 radical (unpaired) electrons. The van der Waals surface area contributed by atoms with Crippen LogP contribution in [-0.4, -0.2) is 11.8 Å². The van der Waals surface area contributed by atoms with Gasteiger partial charge in [0.15, 0.2) is 0 Å². The molecule has 0 atom stereocenters. The van der Waals surface area contributed by atoms with E-state index in [2.05, 4.69) is 17.6 Å². The molecular formula is C25H26N2O2. The smallest absolute Gasteiger partial charge is 0.255 e. The van der Waals surface area contributed by atoms with Gasteiger partial charge in [-0.05, 0) is 47.9 Å². The van der Waals surface area contributed by atoms with Crippen LogP contribution in [0.3, 0.4) is 0 Å². The van der Waals surface area contributed by atoms with Crippen molar-refractivity contribution in [2.24, 2.45) is 0 Å². The van der Waals surface area contributed by atoms with E-state index in [0.717, 1.165) is 30.4 Å². The minimum absolute atomic E-state index is 0.00146. The average Bonchev–Trinajstić information content (AvgIpc) is 2.75. The van der Waals surface area contributed by atoms with Gasteiger partial charge >= 0.3 is 0 Å². The molecule has 3 rings (SSSR count). The summed E-state index contributed by atoms with van der Waals surface area (Å²) >= 11 is 0. The number of benzene rings is 3. The first-order chi connectivity index (χ1) is 14.2. The molecule has 0 aliphatic carbocycles. The molecule has 2 amide bonds. The minimum Gasteiger partial charge on any atom is -0.326 e. The van der Waals surface area contributed by atoms with E-state index in [1.165, 1.54) is 0 Å². The van der Waals surface area contributed by atoms with Gasteiger partial charge in [-0.25, -0.2) is 0 Å². The third kappa shape index (κ3) is 6.04. The Morgan fingerprint density at radius 3 is 2.07 bits per heavy atom. The Balaban J connectivity index is 1.61. The summed E-state index contributed by atoms with van der Waals surface area (Å²) in [4.78, 5) is 24.6. The Morgan fingerprint density at radius 1 is 0.724 bits per heavy atom. The zero-order chi connectivity index (χ0) is 20.5. The molecule has 0 spiro atoms. The Hall–Kier alpha value is -3.40. The molecule has 0 saturated heterocycles. The maximum Gasteiger partial charge on any atom is 0.255 e. The second kappa shape index (κ2) is 10.2. The summed E-state index contributed by atoms with van der Waals surface area (Å²) in [6.45, 7) is 2.11. The first-order valence-corrected chi connectivity index (χ1v) is 10.0. The van der Waals surface area contributed by atoms with Crippen LogP contribution in [0.15, 0.2) is 78.9 Å². The normalized spacial score (nSPS) is 10.4. The molecule has 0 bridgehead atoms. The lowest BCUT2D eigenvalue weighted by molar-refractivity contribution is -0.116. The van der Waals surface area contributed by atoms with Crippen LogP contribution in [0.4, 0.5) is 11.4 Å². The summed E-state index contributed by atoms with van der Waals surface area (Å²) in [6.07, 6.45) is 3.53. The summed E-state index contributed by atoms with van der Waals surface area (Å²) in [5, 5.41) is 5.78. The van der Waals surface area contributed by atoms with Gasteiger partial charge in [-0.3, -0.25) is 9.59 Å². The summed E-state index contributed by atoms with van der Waals surface area (Å²) < 4.78 is 0. The standard InChI is InChI=1S/C25H26N2O2/c1-2-3-5-13-24(28)26-22-11-8-12-23(18-22)27-25(29)21-16-14-20(15-17-21)19-9-6-4-7-10-19/h4,6-12,14-18H,2-3,5,13H2,1H3,(H,26,28)(H,27,29). The van der Waals surface area contributed by atoms with Crippen LogP contribution in [0.2, 0.25) is 0 Å². The van der Waals surface area contributed by atoms with E-state index in [-0.39, 0.29) is 11.8 Å². The number of anilines is 2. The Labute approximate surface area is 172 Å². The van der Waals surface area contributed by atoms with Crippen molar-refractivity contribution >= 4 is 23.2 Å². The molecule has 4 heteroatoms. The van der Waals surface area contributed by atoms with Gasteiger partial charge in [0.05, 0.1) is 0 Å². The van der Waals surface area contributed by atoms with Gasteiger partial charge < -0.3 is 10.6 Å². The first-order valence-electron chi connectivity index (χ1n) is 10.0. The summed E-state index contributed by atoms with van der Waals surface area (Å²) in [5.41, 5.74) is 4.09. The van der Waals surface area contributed by atoms with Gasteiger partial charge in [0, 0.05) is 23.4 Å². The second-order valence-electron chi connectivity index (χ2n) is 6.98. The Kier molecular flexibility index (Phi) is 7.17. The highest BCUT2D eigenvalue weighted by Gasteiger charge is 2.08. The maximum atomic E-state index is 12.6. The van der Waals surface area contributed by atoms with Crippen LogP contribution in [0.25, 0.3) is 11.1 Å². The van der Waals surface area contributed by atoms with Gasteiger partial charge in [-0.1, -0.05) is 68.3 Å². The van der Waals surface area contributed by atoms with Crippen LogP contribution in [0.1, 0.15) is 43.0 Å². The molecule has 0 aliphatic heterocycles. The van der Waals surface area contributed by atoms with E-state index in [4.69, 9.17) is 0 Å². The molecule has 4 nitrogen and oxygen atoms in total. The lowest BCUT2D eigenvalue weighted by atomic mass is 10.0. The van der Waals surface area contributed by atoms with Crippen molar-refractivity contribution in [1.82, 2.24) is 0 Å². The van der Waals surface area contributed by atoms with E-state index < -0.39 is 0 Å². The lowest BCUT2D eigenvalue weighted by Crippen LogP contribution is -2.13. The van der Waals surface area contributed by atoms with Crippen LogP contribution in [0, 0.1) is 0 Å². The Bertz CT molecular complexity index is 950. The highest BCUT2D eigenvalue weighted by Crippen LogP contribution is 2.21. The summed E-state index contributed by atoms with van der Waals surface area (Å²) in [7, 11) is 0. The number of hydrogen-bond donors (Lipinski definition) is 2. The van der Waals surface area contributed by atoms with E-state index >= 15 is 0 Å². The molecule has 2 N–H and O–H groups in total. The van der Waals surface area contributed by atoms with Crippen LogP contribution < -0.4 is 10.6 Å². The molecule has 29 heavy (non-hydrogen) atoms. The molecule has 0 fully saturated rings. The average molecular weight is 386 g/mol. The molecule has 0 aromatic heterocycles. The fraction of sp³-hybridized carbons (Fsp3) is 0.200. The predicted molar refractivity (Wildman–Crippen MR) is 119 cm³/mol. The molecule has 3 aromatic rings. The van der Waals surface area contributed by atoms with E-state index in [9.17, 15) is 9.59 Å². The van der Waals surface area contributed by atoms with Crippen LogP contribution >= 0.6 is 0 Å². The fourth-order valence-electron chi connectivity index (χ4n) is 3.08. The fourth-order valence-corrected chi connectivity index (χ4v) is 3.08. The number of rotatable bonds is 8. The summed E-state index contributed by atoms with van der Waals surface area (Å²) in [6, 6.07) is 24.8. The zero-order valence-corrected chi connectivity index (χ0v) is 16.7. The first kappa shape index (κ1) is 20.3. The van der Waals surface area contributed by atoms with E-state index in [1.54, 1.807) is 6.07 Å². The topological polar surface area (TPSA) is 58.2 Å². The Morgan fingerprint density at radius 2 is 1.38 bits per heavy atom. The predicted octanol–water partition coefficient (Wildman–Crippen LogP) is 6.12. The molecule has 0 heterocycles. The zero-order valence-electron chi connectivity index (χ0n) is 16.7. The van der Waals surface area contributed by atoms with Gasteiger partial charge in [0.1, 0.15) is 0 Å². The van der Waals surface area contributed by atoms with Gasteiger partial charge in [-0.15, -0.1) is 0 Å². The van der Waals surface area contributed by atoms with Crippen molar-refractivity contribution in [3.63, 3.8) is 0 Å². The van der Waals surface area contributed by atoms with Crippen molar-refractivity contribution in [3.8, 4) is 11.1 Å². The number of amides is 2. The SMILES string of the molecule is CCCCCC(=O)Nc1cccc(NC(=O)c2ccc(-c3ccccc3)cc2)c1. The molecule has 0 aliphatic rings. The number of carbonyl (C=O) groups is 2. The summed E-state index contributed by atoms with van der Waals surface area (Å²) in [5.74, 6) is -0.186. The van der Waals surface area contributed by atoms with Crippen molar-refractivity contribution in [3.05, 3.63) is 84.4 Å². The third-order valence-corrected chi connectivity index (χ3v) is 4.67. The van der Waals surface area contributed by atoms with Gasteiger partial charge in [-0.2, -0.15) is 0 Å². The van der Waals surface area contributed by atoms with E-state index in [0.29, 0.717) is 23.4 Å². The second-order valence-corrected chi connectivity index (χ2v) is 6.98. The van der Waals surface area contributed by atoms with Gasteiger partial charge in [0.2, 0.25) is 5.91 Å². The van der Waals surface area contributed by atoms with Gasteiger partial charge in [0.25, 0.3) is 5.91 Å². The highest BCUT2D eigenvalue weighted by atomic mass is 16.2. The van der Waals surface area contributed by atoms with Crippen molar-refractivity contribution in [2.45, 2.75) is 32.6 Å². The van der Waals surface area contributed by atoms with Crippen LogP contribution in [-0.2, 0) is 4.79 Å². The lowest BCUT2D eigenvalue weighted by Gasteiger charge is -2.09. The highest BCUT2D eigenvalue weighted by molar-refractivity contribution is 6.05. The van der Waals surface area contributed by atoms with E-state index in [1.807, 2.05) is 72.8 Å². The number of carbonyl (C=O) groups excluding carboxylic acids is 2. The van der Waals surface area contributed by atoms with Crippen molar-refractivity contribution < 1.29 is 9.59 Å². The van der Waals surface area contributed by atoms with Crippen LogP contribution in [0.5, 0.6) is 0 Å². The largest absolute Gasteiger partial charge is 0.326 e. The number of nitrogens with one attached hydrogen (secondary N) is 2. The maximum absolute atomic E-state index is 12.6. The molecule has 148 valence electrons. The molecule has 3 aromatic carbocycles. The third-order valence-electron chi connectivity index (χ3n) is 4.67. The molecule has 0 saturated carbocycles. The molecular weight excluding hydrogens is 360 g/mol. The number of unbranched alkanes of at least 4 members (excludes halogenated alkanes) is 2. The quantitative estimate of drug-likeness (QED) is 0.458. The van der Waals surface area contributed by atoms with Crippen molar-refractivity contribution in [2.75, 3.05) is 10.6 Å².